The molecule has 0 radical (unpaired) electrons. The third kappa shape index (κ3) is 4.54. The highest BCUT2D eigenvalue weighted by Gasteiger charge is 2.25. The Kier molecular flexibility index (Phi) is 5.92. The van der Waals surface area contributed by atoms with Crippen LogP contribution in [0.25, 0.3) is 0 Å². The minimum Gasteiger partial charge on any atom is -0.351 e. The molecule has 0 aromatic heterocycles. The molecule has 1 aromatic rings. The summed E-state index contributed by atoms with van der Waals surface area (Å²) in [5, 5.41) is 2.86. The number of amides is 1. The maximum Gasteiger partial charge on any atom is 0.251 e. The standard InChI is InChI=1S/C15H24N2O3S/c1-4-15(5-2,10-16)11-17-14(18)12-7-6-8-13(9-12)21(3,19)20/h6-9H,4-5,10-11,16H2,1-3H3,(H,17,18). The van der Waals surface area contributed by atoms with Crippen LogP contribution in [0.15, 0.2) is 29.2 Å². The second-order valence-electron chi connectivity index (χ2n) is 5.39. The zero-order valence-corrected chi connectivity index (χ0v) is 13.7. The summed E-state index contributed by atoms with van der Waals surface area (Å²) in [6.45, 7) is 5.09. The van der Waals surface area contributed by atoms with Crippen molar-refractivity contribution in [1.82, 2.24) is 5.32 Å². The SMILES string of the molecule is CCC(CC)(CN)CNC(=O)c1cccc(S(C)(=O)=O)c1. The lowest BCUT2D eigenvalue weighted by Gasteiger charge is -2.30. The molecule has 118 valence electrons. The van der Waals surface area contributed by atoms with E-state index in [1.54, 1.807) is 12.1 Å². The molecule has 0 spiro atoms. The van der Waals surface area contributed by atoms with E-state index in [1.807, 2.05) is 13.8 Å². The fourth-order valence-electron chi connectivity index (χ4n) is 2.10. The van der Waals surface area contributed by atoms with Gasteiger partial charge in [0.05, 0.1) is 4.90 Å². The Hall–Kier alpha value is -1.40. The van der Waals surface area contributed by atoms with Crippen LogP contribution in [0.2, 0.25) is 0 Å². The number of hydrogen-bond donors (Lipinski definition) is 2. The normalized spacial score (nSPS) is 12.2. The molecule has 0 bridgehead atoms. The molecule has 0 aliphatic heterocycles. The van der Waals surface area contributed by atoms with E-state index in [2.05, 4.69) is 5.32 Å². The van der Waals surface area contributed by atoms with Gasteiger partial charge in [-0.05, 0) is 43.0 Å². The molecule has 0 saturated heterocycles. The average Bonchev–Trinajstić information content (AvgIpc) is 2.48. The Morgan fingerprint density at radius 1 is 1.29 bits per heavy atom. The van der Waals surface area contributed by atoms with E-state index in [0.29, 0.717) is 18.7 Å². The molecular formula is C15H24N2O3S. The van der Waals surface area contributed by atoms with Crippen LogP contribution in [0, 0.1) is 5.41 Å². The summed E-state index contributed by atoms with van der Waals surface area (Å²) < 4.78 is 23.0. The Bertz CT molecular complexity index is 584. The van der Waals surface area contributed by atoms with Gasteiger partial charge in [-0.3, -0.25) is 4.79 Å². The number of sulfone groups is 1. The molecule has 21 heavy (non-hydrogen) atoms. The fourth-order valence-corrected chi connectivity index (χ4v) is 2.77. The second kappa shape index (κ2) is 7.04. The van der Waals surface area contributed by atoms with Crippen LogP contribution in [-0.4, -0.2) is 33.7 Å². The average molecular weight is 312 g/mol. The number of hydrogen-bond acceptors (Lipinski definition) is 4. The molecule has 0 aliphatic rings. The molecule has 0 saturated carbocycles. The summed E-state index contributed by atoms with van der Waals surface area (Å²) in [6, 6.07) is 6.05. The first-order valence-corrected chi connectivity index (χ1v) is 8.95. The number of carbonyl (C=O) groups is 1. The Labute approximate surface area is 126 Å². The molecule has 1 aromatic carbocycles. The highest BCUT2D eigenvalue weighted by Crippen LogP contribution is 2.23. The number of carbonyl (C=O) groups excluding carboxylic acids is 1. The molecule has 3 N–H and O–H groups in total. The highest BCUT2D eigenvalue weighted by molar-refractivity contribution is 7.90. The van der Waals surface area contributed by atoms with Crippen molar-refractivity contribution in [3.63, 3.8) is 0 Å². The van der Waals surface area contributed by atoms with Crippen molar-refractivity contribution < 1.29 is 13.2 Å². The highest BCUT2D eigenvalue weighted by atomic mass is 32.2. The van der Waals surface area contributed by atoms with Gasteiger partial charge in [-0.25, -0.2) is 8.42 Å². The first-order chi connectivity index (χ1) is 9.78. The molecule has 1 rings (SSSR count). The summed E-state index contributed by atoms with van der Waals surface area (Å²) >= 11 is 0. The first kappa shape index (κ1) is 17.7. The van der Waals surface area contributed by atoms with Crippen molar-refractivity contribution in [3.8, 4) is 0 Å². The van der Waals surface area contributed by atoms with Gasteiger partial charge in [0, 0.05) is 18.4 Å². The van der Waals surface area contributed by atoms with E-state index in [1.165, 1.54) is 12.1 Å². The number of benzene rings is 1. The number of rotatable bonds is 7. The van der Waals surface area contributed by atoms with Crippen LogP contribution >= 0.6 is 0 Å². The van der Waals surface area contributed by atoms with Gasteiger partial charge < -0.3 is 11.1 Å². The van der Waals surface area contributed by atoms with Gasteiger partial charge in [-0.2, -0.15) is 0 Å². The smallest absolute Gasteiger partial charge is 0.251 e. The summed E-state index contributed by atoms with van der Waals surface area (Å²) in [5.74, 6) is -0.278. The Morgan fingerprint density at radius 2 is 1.90 bits per heavy atom. The van der Waals surface area contributed by atoms with Crippen LogP contribution in [0.1, 0.15) is 37.0 Å². The largest absolute Gasteiger partial charge is 0.351 e. The third-order valence-electron chi connectivity index (χ3n) is 4.08. The zero-order chi connectivity index (χ0) is 16.1. The predicted molar refractivity (Wildman–Crippen MR) is 84.0 cm³/mol. The lowest BCUT2D eigenvalue weighted by molar-refractivity contribution is 0.0928. The van der Waals surface area contributed by atoms with Crippen LogP contribution in [0.4, 0.5) is 0 Å². The van der Waals surface area contributed by atoms with Crippen LogP contribution in [-0.2, 0) is 9.84 Å². The topological polar surface area (TPSA) is 89.3 Å². The summed E-state index contributed by atoms with van der Waals surface area (Å²) in [6.07, 6.45) is 2.88. The quantitative estimate of drug-likeness (QED) is 0.800. The van der Waals surface area contributed by atoms with Crippen LogP contribution in [0.3, 0.4) is 0 Å². The molecule has 0 aliphatic carbocycles. The second-order valence-corrected chi connectivity index (χ2v) is 7.41. The van der Waals surface area contributed by atoms with Gasteiger partial charge in [-0.1, -0.05) is 19.9 Å². The van der Waals surface area contributed by atoms with Gasteiger partial charge in [0.15, 0.2) is 9.84 Å². The Balaban J connectivity index is 2.86. The third-order valence-corrected chi connectivity index (χ3v) is 5.19. The van der Waals surface area contributed by atoms with Crippen LogP contribution < -0.4 is 11.1 Å². The summed E-state index contributed by atoms with van der Waals surface area (Å²) in [4.78, 5) is 12.3. The van der Waals surface area contributed by atoms with Crippen molar-refractivity contribution in [2.45, 2.75) is 31.6 Å². The maximum atomic E-state index is 12.2. The van der Waals surface area contributed by atoms with Crippen molar-refractivity contribution in [3.05, 3.63) is 29.8 Å². The van der Waals surface area contributed by atoms with E-state index in [-0.39, 0.29) is 16.2 Å². The van der Waals surface area contributed by atoms with Crippen molar-refractivity contribution >= 4 is 15.7 Å². The Morgan fingerprint density at radius 3 is 2.38 bits per heavy atom. The van der Waals surface area contributed by atoms with E-state index < -0.39 is 9.84 Å². The molecule has 6 heteroatoms. The van der Waals surface area contributed by atoms with Gasteiger partial charge in [0.1, 0.15) is 0 Å². The van der Waals surface area contributed by atoms with Crippen molar-refractivity contribution in [1.29, 1.82) is 0 Å². The molecule has 5 nitrogen and oxygen atoms in total. The maximum absolute atomic E-state index is 12.2. The van der Waals surface area contributed by atoms with E-state index in [0.717, 1.165) is 19.1 Å². The number of nitrogens with two attached hydrogens (primary N) is 1. The fraction of sp³-hybridized carbons (Fsp3) is 0.533. The summed E-state index contributed by atoms with van der Waals surface area (Å²) in [7, 11) is -3.32. The lowest BCUT2D eigenvalue weighted by atomic mass is 9.82. The van der Waals surface area contributed by atoms with Crippen LogP contribution in [0.5, 0.6) is 0 Å². The van der Waals surface area contributed by atoms with Crippen molar-refractivity contribution in [2.75, 3.05) is 19.3 Å². The van der Waals surface area contributed by atoms with E-state index >= 15 is 0 Å². The van der Waals surface area contributed by atoms with E-state index in [9.17, 15) is 13.2 Å². The van der Waals surface area contributed by atoms with Gasteiger partial charge in [-0.15, -0.1) is 0 Å². The minimum absolute atomic E-state index is 0.107. The molecule has 0 unspecified atom stereocenters. The molecule has 0 atom stereocenters. The van der Waals surface area contributed by atoms with Gasteiger partial charge in [0.2, 0.25) is 0 Å². The van der Waals surface area contributed by atoms with Gasteiger partial charge in [0.25, 0.3) is 5.91 Å². The first-order valence-electron chi connectivity index (χ1n) is 7.06. The lowest BCUT2D eigenvalue weighted by Crippen LogP contribution is -2.41. The van der Waals surface area contributed by atoms with Gasteiger partial charge >= 0.3 is 0 Å². The van der Waals surface area contributed by atoms with Crippen molar-refractivity contribution in [2.24, 2.45) is 11.1 Å². The summed E-state index contributed by atoms with van der Waals surface area (Å²) in [5.41, 5.74) is 6.04. The molecular weight excluding hydrogens is 288 g/mol. The van der Waals surface area contributed by atoms with E-state index in [4.69, 9.17) is 5.73 Å². The molecule has 0 fully saturated rings. The molecule has 1 amide bonds. The zero-order valence-electron chi connectivity index (χ0n) is 12.8. The minimum atomic E-state index is -3.32. The predicted octanol–water partition coefficient (Wildman–Crippen LogP) is 1.58. The monoisotopic (exact) mass is 312 g/mol. The number of nitrogens with one attached hydrogen (secondary N) is 1. The molecule has 0 heterocycles.